The third kappa shape index (κ3) is 2.77. The number of nitrogens with zero attached hydrogens (tertiary/aromatic N) is 1. The summed E-state index contributed by atoms with van der Waals surface area (Å²) in [6.45, 7) is 2.21. The molecule has 0 radical (unpaired) electrons. The van der Waals surface area contributed by atoms with Crippen molar-refractivity contribution in [1.82, 2.24) is 0 Å². The summed E-state index contributed by atoms with van der Waals surface area (Å²) in [6, 6.07) is 10.4. The molecule has 0 bridgehead atoms. The van der Waals surface area contributed by atoms with Crippen molar-refractivity contribution in [3.8, 4) is 0 Å². The topological polar surface area (TPSA) is 3.24 Å². The highest BCUT2D eigenvalue weighted by molar-refractivity contribution is 14.1. The van der Waals surface area contributed by atoms with E-state index < -0.39 is 0 Å². The second-order valence-corrected chi connectivity index (χ2v) is 7.00. The first-order valence-electron chi connectivity index (χ1n) is 4.11. The fourth-order valence-electron chi connectivity index (χ4n) is 1.02. The number of rotatable bonds is 3. The molecule has 1 rings (SSSR count). The maximum Gasteiger partial charge on any atom is 0.135 e. The van der Waals surface area contributed by atoms with Crippen molar-refractivity contribution in [2.75, 3.05) is 18.2 Å². The van der Waals surface area contributed by atoms with Gasteiger partial charge in [-0.15, -0.1) is 11.8 Å². The molecule has 0 fully saturated rings. The van der Waals surface area contributed by atoms with E-state index in [-0.39, 0.29) is 2.88 Å². The van der Waals surface area contributed by atoms with E-state index in [1.807, 2.05) is 17.8 Å². The third-order valence-corrected chi connectivity index (χ3v) is 5.18. The van der Waals surface area contributed by atoms with Crippen LogP contribution < -0.4 is 4.90 Å². The first-order valence-corrected chi connectivity index (χ1v) is 6.41. The minimum absolute atomic E-state index is 0.124. The molecule has 1 aromatic carbocycles. The number of benzene rings is 1. The van der Waals surface area contributed by atoms with Crippen LogP contribution in [0.4, 0.5) is 5.69 Å². The van der Waals surface area contributed by atoms with Gasteiger partial charge in [0.15, 0.2) is 0 Å². The summed E-state index contributed by atoms with van der Waals surface area (Å²) in [4.78, 5) is 2.28. The van der Waals surface area contributed by atoms with Gasteiger partial charge in [-0.05, 0) is 47.9 Å². The molecule has 0 aliphatic rings. The van der Waals surface area contributed by atoms with Crippen LogP contribution in [0.3, 0.4) is 0 Å². The molecule has 1 nitrogen and oxygen atoms in total. The lowest BCUT2D eigenvalue weighted by atomic mass is 10.3. The molecule has 1 unspecified atom stereocenters. The van der Waals surface area contributed by atoms with E-state index in [2.05, 4.69) is 72.0 Å². The molecule has 0 saturated heterocycles. The normalized spacial score (nSPS) is 15.1. The zero-order valence-corrected chi connectivity index (χ0v) is 11.1. The lowest BCUT2D eigenvalue weighted by molar-refractivity contribution is 0.885. The van der Waals surface area contributed by atoms with Crippen molar-refractivity contribution in [2.24, 2.45) is 0 Å². The number of anilines is 1. The van der Waals surface area contributed by atoms with Crippen LogP contribution in [0.2, 0.25) is 0 Å². The molecule has 1 atom stereocenters. The zero-order chi connectivity index (χ0) is 9.90. The van der Waals surface area contributed by atoms with Crippen molar-refractivity contribution in [3.05, 3.63) is 30.3 Å². The Bertz CT molecular complexity index is 261. The number of halogens is 1. The Morgan fingerprint density at radius 2 is 1.85 bits per heavy atom. The minimum Gasteiger partial charge on any atom is -0.352 e. The zero-order valence-electron chi connectivity index (χ0n) is 8.12. The average molecular weight is 307 g/mol. The molecular weight excluding hydrogens is 293 g/mol. The fourth-order valence-corrected chi connectivity index (χ4v) is 1.68. The maximum atomic E-state index is 2.46. The largest absolute Gasteiger partial charge is 0.352 e. The maximum absolute atomic E-state index is 2.46. The Labute approximate surface area is 98.0 Å². The summed E-state index contributed by atoms with van der Waals surface area (Å²) in [5, 5.41) is 0. The van der Waals surface area contributed by atoms with Crippen molar-refractivity contribution in [2.45, 2.75) is 9.80 Å². The first kappa shape index (κ1) is 11.2. The van der Waals surface area contributed by atoms with Gasteiger partial charge < -0.3 is 4.90 Å². The number of alkyl halides is 1. The first-order chi connectivity index (χ1) is 6.08. The molecule has 13 heavy (non-hydrogen) atoms. The summed E-state index contributed by atoms with van der Waals surface area (Å²) in [5.41, 5.74) is 1.26. The van der Waals surface area contributed by atoms with Crippen LogP contribution >= 0.6 is 34.4 Å². The molecule has 0 spiro atoms. The van der Waals surface area contributed by atoms with Crippen LogP contribution in [0.1, 0.15) is 6.92 Å². The van der Waals surface area contributed by atoms with Crippen molar-refractivity contribution < 1.29 is 0 Å². The van der Waals surface area contributed by atoms with Gasteiger partial charge in [-0.25, -0.2) is 0 Å². The Kier molecular flexibility index (Phi) is 3.91. The third-order valence-electron chi connectivity index (χ3n) is 2.12. The average Bonchev–Trinajstić information content (AvgIpc) is 2.18. The lowest BCUT2D eigenvalue weighted by Crippen LogP contribution is -2.34. The van der Waals surface area contributed by atoms with Gasteiger partial charge in [0.25, 0.3) is 0 Å². The number of hydrogen-bond acceptors (Lipinski definition) is 2. The monoisotopic (exact) mass is 307 g/mol. The molecular formula is C10H14INS. The molecule has 1 aromatic rings. The Balaban J connectivity index is 2.85. The molecule has 3 heteroatoms. The lowest BCUT2D eigenvalue weighted by Gasteiger charge is -2.34. The van der Waals surface area contributed by atoms with Gasteiger partial charge in [-0.1, -0.05) is 18.2 Å². The van der Waals surface area contributed by atoms with E-state index in [1.54, 1.807) is 0 Å². The van der Waals surface area contributed by atoms with Crippen LogP contribution in [0, 0.1) is 0 Å². The summed E-state index contributed by atoms with van der Waals surface area (Å²) >= 11 is 4.30. The van der Waals surface area contributed by atoms with Gasteiger partial charge in [0, 0.05) is 12.7 Å². The molecule has 0 amide bonds. The van der Waals surface area contributed by atoms with E-state index in [4.69, 9.17) is 0 Å². The molecule has 0 aliphatic carbocycles. The molecule has 0 saturated carbocycles. The van der Waals surface area contributed by atoms with E-state index in [1.165, 1.54) is 5.69 Å². The van der Waals surface area contributed by atoms with Crippen LogP contribution in [-0.4, -0.2) is 16.2 Å². The SMILES string of the molecule is CSC(C)(I)N(C)c1ccccc1. The number of para-hydroxylation sites is 1. The Morgan fingerprint density at radius 1 is 1.31 bits per heavy atom. The van der Waals surface area contributed by atoms with Crippen molar-refractivity contribution >= 4 is 40.0 Å². The fraction of sp³-hybridized carbons (Fsp3) is 0.400. The van der Waals surface area contributed by atoms with E-state index in [0.717, 1.165) is 0 Å². The van der Waals surface area contributed by atoms with E-state index in [9.17, 15) is 0 Å². The quantitative estimate of drug-likeness (QED) is 0.363. The molecule has 0 aliphatic heterocycles. The number of thioether (sulfide) groups is 1. The summed E-state index contributed by atoms with van der Waals surface area (Å²) in [5.74, 6) is 0. The molecule has 0 heterocycles. The highest BCUT2D eigenvalue weighted by atomic mass is 127. The van der Waals surface area contributed by atoms with E-state index in [0.29, 0.717) is 0 Å². The van der Waals surface area contributed by atoms with E-state index >= 15 is 0 Å². The van der Waals surface area contributed by atoms with Gasteiger partial charge in [0.1, 0.15) is 2.88 Å². The van der Waals surface area contributed by atoms with Crippen LogP contribution in [0.25, 0.3) is 0 Å². The van der Waals surface area contributed by atoms with Gasteiger partial charge >= 0.3 is 0 Å². The van der Waals surface area contributed by atoms with Crippen molar-refractivity contribution in [1.29, 1.82) is 0 Å². The highest BCUT2D eigenvalue weighted by Crippen LogP contribution is 2.36. The van der Waals surface area contributed by atoms with Crippen LogP contribution in [0.15, 0.2) is 30.3 Å². The Morgan fingerprint density at radius 3 is 2.31 bits per heavy atom. The predicted octanol–water partition coefficient (Wildman–Crippen LogP) is 3.59. The van der Waals surface area contributed by atoms with Gasteiger partial charge in [-0.2, -0.15) is 0 Å². The summed E-state index contributed by atoms with van der Waals surface area (Å²) in [7, 11) is 2.12. The van der Waals surface area contributed by atoms with Gasteiger partial charge in [-0.3, -0.25) is 0 Å². The number of hydrogen-bond donors (Lipinski definition) is 0. The molecule has 0 aromatic heterocycles. The summed E-state index contributed by atoms with van der Waals surface area (Å²) in [6.07, 6.45) is 2.13. The summed E-state index contributed by atoms with van der Waals surface area (Å²) < 4.78 is 0.124. The van der Waals surface area contributed by atoms with Crippen LogP contribution in [0.5, 0.6) is 0 Å². The van der Waals surface area contributed by atoms with Gasteiger partial charge in [0.2, 0.25) is 0 Å². The standard InChI is InChI=1S/C10H14INS/c1-10(11,13-3)12(2)9-7-5-4-6-8-9/h4-8H,1-3H3. The minimum atomic E-state index is 0.124. The highest BCUT2D eigenvalue weighted by Gasteiger charge is 2.23. The van der Waals surface area contributed by atoms with Gasteiger partial charge in [0.05, 0.1) is 0 Å². The molecule has 72 valence electrons. The predicted molar refractivity (Wildman–Crippen MR) is 70.8 cm³/mol. The smallest absolute Gasteiger partial charge is 0.135 e. The molecule has 0 N–H and O–H groups in total. The van der Waals surface area contributed by atoms with Crippen molar-refractivity contribution in [3.63, 3.8) is 0 Å². The Hall–Kier alpha value is 0.100. The van der Waals surface area contributed by atoms with Crippen LogP contribution in [-0.2, 0) is 0 Å². The second-order valence-electron chi connectivity index (χ2n) is 2.97. The second kappa shape index (κ2) is 4.55.